The van der Waals surface area contributed by atoms with Crippen LogP contribution in [0.4, 0.5) is 10.1 Å². The number of fused-ring (bicyclic) bond motifs is 1. The molecule has 1 unspecified atom stereocenters. The number of carbonyl (C=O) groups is 2. The lowest BCUT2D eigenvalue weighted by Crippen LogP contribution is -2.28. The number of methoxy groups -OCH3 is 1. The molecule has 2 N–H and O–H groups in total. The lowest BCUT2D eigenvalue weighted by atomic mass is 10.1. The van der Waals surface area contributed by atoms with Crippen LogP contribution in [0.1, 0.15) is 28.9 Å². The van der Waals surface area contributed by atoms with Gasteiger partial charge in [0.05, 0.1) is 18.8 Å². The molecule has 6 nitrogen and oxygen atoms in total. The molecule has 0 aromatic heterocycles. The maximum absolute atomic E-state index is 13.8. The molecule has 3 rings (SSSR count). The fourth-order valence-corrected chi connectivity index (χ4v) is 2.53. The molecule has 2 aromatic carbocycles. The molecule has 0 radical (unpaired) electrons. The van der Waals surface area contributed by atoms with Gasteiger partial charge in [0.2, 0.25) is 0 Å². The van der Waals surface area contributed by atoms with Gasteiger partial charge in [-0.2, -0.15) is 0 Å². The molecular formula is C18H17FN2O4. The molecule has 0 saturated heterocycles. The number of hydrogen-bond donors (Lipinski definition) is 2. The summed E-state index contributed by atoms with van der Waals surface area (Å²) in [5.41, 5.74) is 1.53. The fourth-order valence-electron chi connectivity index (χ4n) is 2.53. The maximum Gasteiger partial charge on any atom is 0.262 e. The van der Waals surface area contributed by atoms with Crippen LogP contribution in [0.15, 0.2) is 36.4 Å². The van der Waals surface area contributed by atoms with Gasteiger partial charge in [0.15, 0.2) is 18.2 Å². The molecule has 0 fully saturated rings. The normalized spacial score (nSPS) is 14.0. The van der Waals surface area contributed by atoms with Gasteiger partial charge < -0.3 is 20.1 Å². The summed E-state index contributed by atoms with van der Waals surface area (Å²) in [7, 11) is 1.39. The number of nitrogens with one attached hydrogen (secondary N) is 2. The summed E-state index contributed by atoms with van der Waals surface area (Å²) in [5, 5.41) is 5.46. The number of hydrogen-bond acceptors (Lipinski definition) is 4. The van der Waals surface area contributed by atoms with Gasteiger partial charge in [-0.3, -0.25) is 9.59 Å². The Balaban J connectivity index is 1.73. The van der Waals surface area contributed by atoms with Crippen molar-refractivity contribution in [3.05, 3.63) is 53.3 Å². The molecule has 7 heteroatoms. The van der Waals surface area contributed by atoms with E-state index in [0.717, 1.165) is 0 Å². The topological polar surface area (TPSA) is 76.7 Å². The first-order chi connectivity index (χ1) is 12.0. The van der Waals surface area contributed by atoms with Crippen molar-refractivity contribution in [2.75, 3.05) is 19.0 Å². The number of carbonyl (C=O) groups excluding carboxylic acids is 2. The van der Waals surface area contributed by atoms with E-state index in [2.05, 4.69) is 10.6 Å². The quantitative estimate of drug-likeness (QED) is 0.894. The average Bonchev–Trinajstić information content (AvgIpc) is 2.61. The van der Waals surface area contributed by atoms with Gasteiger partial charge in [0.1, 0.15) is 5.75 Å². The minimum absolute atomic E-state index is 0.0837. The monoisotopic (exact) mass is 344 g/mol. The van der Waals surface area contributed by atoms with Gasteiger partial charge in [-0.1, -0.05) is 6.07 Å². The van der Waals surface area contributed by atoms with Gasteiger partial charge in [0, 0.05) is 5.56 Å². The number of anilines is 1. The standard InChI is InChI=1S/C18H17FN2O4/c1-10(11-4-6-15(24-2)13(19)7-11)20-18(23)12-3-5-14-16(8-12)25-9-17(22)21-14/h3-8,10H,9H2,1-2H3,(H,20,23)(H,21,22). The van der Waals surface area contributed by atoms with Gasteiger partial charge in [-0.05, 0) is 42.8 Å². The molecule has 130 valence electrons. The zero-order chi connectivity index (χ0) is 18.0. The molecule has 1 aliphatic rings. The fraction of sp³-hybridized carbons (Fsp3) is 0.222. The Morgan fingerprint density at radius 1 is 1.32 bits per heavy atom. The first-order valence-electron chi connectivity index (χ1n) is 7.69. The Labute approximate surface area is 143 Å². The molecule has 0 spiro atoms. The second kappa shape index (κ2) is 6.80. The average molecular weight is 344 g/mol. The highest BCUT2D eigenvalue weighted by Crippen LogP contribution is 2.29. The third kappa shape index (κ3) is 3.55. The van der Waals surface area contributed by atoms with E-state index in [0.29, 0.717) is 22.6 Å². The first kappa shape index (κ1) is 16.8. The van der Waals surface area contributed by atoms with Crippen LogP contribution in [-0.4, -0.2) is 25.5 Å². The van der Waals surface area contributed by atoms with E-state index in [9.17, 15) is 14.0 Å². The number of halogens is 1. The smallest absolute Gasteiger partial charge is 0.262 e. The minimum atomic E-state index is -0.487. The lowest BCUT2D eigenvalue weighted by Gasteiger charge is -2.19. The largest absolute Gasteiger partial charge is 0.494 e. The lowest BCUT2D eigenvalue weighted by molar-refractivity contribution is -0.118. The molecule has 0 saturated carbocycles. The molecule has 0 aliphatic carbocycles. The van der Waals surface area contributed by atoms with Crippen molar-refractivity contribution in [3.63, 3.8) is 0 Å². The van der Waals surface area contributed by atoms with Crippen molar-refractivity contribution in [1.29, 1.82) is 0 Å². The van der Waals surface area contributed by atoms with Gasteiger partial charge in [-0.15, -0.1) is 0 Å². The van der Waals surface area contributed by atoms with Crippen LogP contribution in [0, 0.1) is 5.82 Å². The van der Waals surface area contributed by atoms with E-state index >= 15 is 0 Å². The number of rotatable bonds is 4. The molecule has 1 heterocycles. The Kier molecular flexibility index (Phi) is 4.56. The van der Waals surface area contributed by atoms with Crippen LogP contribution in [0.3, 0.4) is 0 Å². The molecule has 1 atom stereocenters. The van der Waals surface area contributed by atoms with E-state index in [1.54, 1.807) is 31.2 Å². The van der Waals surface area contributed by atoms with E-state index in [-0.39, 0.29) is 24.2 Å². The molecule has 25 heavy (non-hydrogen) atoms. The van der Waals surface area contributed by atoms with E-state index in [1.165, 1.54) is 19.2 Å². The van der Waals surface area contributed by atoms with Crippen molar-refractivity contribution in [2.45, 2.75) is 13.0 Å². The van der Waals surface area contributed by atoms with Gasteiger partial charge in [0.25, 0.3) is 11.8 Å². The number of ether oxygens (including phenoxy) is 2. The van der Waals surface area contributed by atoms with Crippen molar-refractivity contribution < 1.29 is 23.5 Å². The SMILES string of the molecule is COc1ccc(C(C)NC(=O)c2ccc3c(c2)OCC(=O)N3)cc1F. The van der Waals surface area contributed by atoms with Crippen LogP contribution in [0.2, 0.25) is 0 Å². The Hall–Kier alpha value is -3.09. The molecule has 1 aliphatic heterocycles. The van der Waals surface area contributed by atoms with Crippen molar-refractivity contribution in [1.82, 2.24) is 5.32 Å². The zero-order valence-corrected chi connectivity index (χ0v) is 13.8. The Morgan fingerprint density at radius 2 is 2.12 bits per heavy atom. The van der Waals surface area contributed by atoms with Crippen molar-refractivity contribution >= 4 is 17.5 Å². The van der Waals surface area contributed by atoms with E-state index < -0.39 is 11.9 Å². The highest BCUT2D eigenvalue weighted by Gasteiger charge is 2.19. The molecular weight excluding hydrogens is 327 g/mol. The summed E-state index contributed by atoms with van der Waals surface area (Å²) in [5.74, 6) is -0.461. The Morgan fingerprint density at radius 3 is 2.84 bits per heavy atom. The van der Waals surface area contributed by atoms with Crippen molar-refractivity contribution in [2.24, 2.45) is 0 Å². The summed E-state index contributed by atoms with van der Waals surface area (Å²) in [4.78, 5) is 23.7. The molecule has 2 aromatic rings. The predicted octanol–water partition coefficient (Wildman–Crippen LogP) is 2.66. The van der Waals surface area contributed by atoms with Gasteiger partial charge in [-0.25, -0.2) is 4.39 Å². The van der Waals surface area contributed by atoms with Gasteiger partial charge >= 0.3 is 0 Å². The third-order valence-corrected chi connectivity index (χ3v) is 3.90. The van der Waals surface area contributed by atoms with E-state index in [4.69, 9.17) is 9.47 Å². The highest BCUT2D eigenvalue weighted by molar-refractivity contribution is 5.99. The first-order valence-corrected chi connectivity index (χ1v) is 7.69. The zero-order valence-electron chi connectivity index (χ0n) is 13.8. The van der Waals surface area contributed by atoms with Crippen LogP contribution >= 0.6 is 0 Å². The Bertz CT molecular complexity index is 838. The number of amides is 2. The third-order valence-electron chi connectivity index (χ3n) is 3.90. The second-order valence-corrected chi connectivity index (χ2v) is 5.64. The summed E-state index contributed by atoms with van der Waals surface area (Å²) < 4.78 is 24.0. The predicted molar refractivity (Wildman–Crippen MR) is 89.4 cm³/mol. The van der Waals surface area contributed by atoms with Crippen LogP contribution in [0.5, 0.6) is 11.5 Å². The second-order valence-electron chi connectivity index (χ2n) is 5.64. The summed E-state index contributed by atoms with van der Waals surface area (Å²) in [6.45, 7) is 1.67. The molecule has 0 bridgehead atoms. The van der Waals surface area contributed by atoms with Crippen LogP contribution < -0.4 is 20.1 Å². The van der Waals surface area contributed by atoms with Crippen LogP contribution in [-0.2, 0) is 4.79 Å². The summed E-state index contributed by atoms with van der Waals surface area (Å²) in [6.07, 6.45) is 0. The van der Waals surface area contributed by atoms with Crippen molar-refractivity contribution in [3.8, 4) is 11.5 Å². The van der Waals surface area contributed by atoms with Crippen LogP contribution in [0.25, 0.3) is 0 Å². The number of benzene rings is 2. The highest BCUT2D eigenvalue weighted by atomic mass is 19.1. The molecule has 2 amide bonds. The maximum atomic E-state index is 13.8. The summed E-state index contributed by atoms with van der Waals surface area (Å²) >= 11 is 0. The summed E-state index contributed by atoms with van der Waals surface area (Å²) in [6, 6.07) is 8.90. The minimum Gasteiger partial charge on any atom is -0.494 e. The van der Waals surface area contributed by atoms with E-state index in [1.807, 2.05) is 0 Å².